The average molecular weight is 658 g/mol. The number of carboxylic acid groups (broad SMARTS) is 1. The van der Waals surface area contributed by atoms with E-state index in [4.69, 9.17) is 19.2 Å². The third-order valence-corrected chi connectivity index (χ3v) is 9.75. The fourth-order valence-electron chi connectivity index (χ4n) is 6.98. The first-order valence-electron chi connectivity index (χ1n) is 17.1. The lowest BCUT2D eigenvalue weighted by Gasteiger charge is -2.42. The highest BCUT2D eigenvalue weighted by Crippen LogP contribution is 2.41. The van der Waals surface area contributed by atoms with Crippen molar-refractivity contribution in [3.8, 4) is 28.1 Å². The molecular weight excluding hydrogens is 609 g/mol. The van der Waals surface area contributed by atoms with Gasteiger partial charge in [0.05, 0.1) is 23.0 Å². The SMILES string of the molecule is Cc1c([C@H](OC(C)(C)C)C(=O)O)c2n3cc(nc3c1C)-c1cccc(c1)-c1cc(F)ccc1O[C@@H](C)CCCCOC1(C)CCN2CC1. The summed E-state index contributed by atoms with van der Waals surface area (Å²) in [6.45, 7) is 15.9. The first-order chi connectivity index (χ1) is 22.7. The van der Waals surface area contributed by atoms with Crippen LogP contribution >= 0.6 is 0 Å². The molecule has 256 valence electrons. The normalized spacial score (nSPS) is 21.2. The van der Waals surface area contributed by atoms with E-state index >= 15 is 0 Å². The number of piperidine rings is 1. The van der Waals surface area contributed by atoms with Crippen molar-refractivity contribution in [2.45, 2.75) is 104 Å². The van der Waals surface area contributed by atoms with Crippen LogP contribution in [0.1, 0.15) is 89.5 Å². The summed E-state index contributed by atoms with van der Waals surface area (Å²) in [7, 11) is 0. The van der Waals surface area contributed by atoms with E-state index in [1.807, 2.05) is 69.5 Å². The molecule has 0 radical (unpaired) electrons. The molecule has 8 nitrogen and oxygen atoms in total. The van der Waals surface area contributed by atoms with Crippen molar-refractivity contribution < 1.29 is 28.5 Å². The number of nitrogens with zero attached hydrogens (tertiary/aromatic N) is 3. The van der Waals surface area contributed by atoms with Gasteiger partial charge >= 0.3 is 5.97 Å². The van der Waals surface area contributed by atoms with Gasteiger partial charge in [-0.2, -0.15) is 0 Å². The van der Waals surface area contributed by atoms with E-state index in [-0.39, 0.29) is 17.5 Å². The Bertz CT molecular complexity index is 1820. The van der Waals surface area contributed by atoms with Gasteiger partial charge in [-0.1, -0.05) is 18.2 Å². The summed E-state index contributed by atoms with van der Waals surface area (Å²) >= 11 is 0. The van der Waals surface area contributed by atoms with E-state index in [0.29, 0.717) is 36.6 Å². The third kappa shape index (κ3) is 6.94. The molecule has 2 aromatic carbocycles. The van der Waals surface area contributed by atoms with Gasteiger partial charge in [-0.25, -0.2) is 14.2 Å². The summed E-state index contributed by atoms with van der Waals surface area (Å²) in [6.07, 6.45) is 5.08. The van der Waals surface area contributed by atoms with Gasteiger partial charge in [-0.15, -0.1) is 0 Å². The van der Waals surface area contributed by atoms with Crippen LogP contribution in [0.4, 0.5) is 10.2 Å². The Morgan fingerprint density at radius 1 is 1.08 bits per heavy atom. The molecule has 0 amide bonds. The molecule has 1 saturated heterocycles. The number of hydrogen-bond acceptors (Lipinski definition) is 6. The van der Waals surface area contributed by atoms with Crippen LogP contribution in [-0.2, 0) is 14.3 Å². The van der Waals surface area contributed by atoms with E-state index < -0.39 is 17.7 Å². The zero-order chi connectivity index (χ0) is 34.4. The monoisotopic (exact) mass is 657 g/mol. The lowest BCUT2D eigenvalue weighted by atomic mass is 9.92. The number of aromatic nitrogens is 2. The Hall–Kier alpha value is -3.95. The van der Waals surface area contributed by atoms with Crippen molar-refractivity contribution in [1.82, 2.24) is 9.38 Å². The second-order valence-electron chi connectivity index (χ2n) is 14.7. The second-order valence-corrected chi connectivity index (χ2v) is 14.7. The number of carboxylic acids is 1. The number of anilines is 1. The van der Waals surface area contributed by atoms with Crippen LogP contribution in [0.15, 0.2) is 48.7 Å². The fourth-order valence-corrected chi connectivity index (χ4v) is 6.98. The number of halogens is 1. The van der Waals surface area contributed by atoms with Gasteiger partial charge in [0.2, 0.25) is 0 Å². The molecule has 1 N–H and O–H groups in total. The molecule has 4 aromatic rings. The number of fused-ring (bicyclic) bond motifs is 8. The van der Waals surface area contributed by atoms with Gasteiger partial charge in [0, 0.05) is 42.6 Å². The first kappa shape index (κ1) is 33.9. The third-order valence-electron chi connectivity index (χ3n) is 9.75. The number of benzene rings is 2. The van der Waals surface area contributed by atoms with E-state index in [1.165, 1.54) is 12.1 Å². The molecule has 1 fully saturated rings. The van der Waals surface area contributed by atoms with Crippen molar-refractivity contribution in [3.63, 3.8) is 0 Å². The lowest BCUT2D eigenvalue weighted by Crippen LogP contribution is -2.45. The van der Waals surface area contributed by atoms with E-state index in [2.05, 4.69) is 18.7 Å². The van der Waals surface area contributed by atoms with Crippen molar-refractivity contribution in [2.75, 3.05) is 24.6 Å². The molecule has 0 aliphatic carbocycles. The Morgan fingerprint density at radius 3 is 2.52 bits per heavy atom. The minimum absolute atomic E-state index is 0.0454. The molecule has 48 heavy (non-hydrogen) atoms. The van der Waals surface area contributed by atoms with Crippen molar-refractivity contribution in [1.29, 1.82) is 0 Å². The first-order valence-corrected chi connectivity index (χ1v) is 17.1. The lowest BCUT2D eigenvalue weighted by molar-refractivity contribution is -0.160. The molecule has 3 aliphatic rings. The Labute approximate surface area is 282 Å². The maximum Gasteiger partial charge on any atom is 0.337 e. The number of rotatable bonds is 3. The van der Waals surface area contributed by atoms with Gasteiger partial charge in [0.1, 0.15) is 23.0 Å². The fraction of sp³-hybridized carbons (Fsp3) is 0.487. The molecule has 7 rings (SSSR count). The molecule has 0 saturated carbocycles. The van der Waals surface area contributed by atoms with Gasteiger partial charge in [-0.05, 0) is 122 Å². The van der Waals surface area contributed by atoms with Gasteiger partial charge in [0.25, 0.3) is 0 Å². The molecule has 5 heterocycles. The van der Waals surface area contributed by atoms with Crippen LogP contribution in [0.5, 0.6) is 5.75 Å². The van der Waals surface area contributed by atoms with E-state index in [0.717, 1.165) is 71.5 Å². The number of hydrogen-bond donors (Lipinski definition) is 1. The Balaban J connectivity index is 1.56. The molecule has 0 unspecified atom stereocenters. The second kappa shape index (κ2) is 13.2. The zero-order valence-electron chi connectivity index (χ0n) is 29.2. The number of imidazole rings is 1. The summed E-state index contributed by atoms with van der Waals surface area (Å²) in [6, 6.07) is 12.6. The highest BCUT2D eigenvalue weighted by molar-refractivity contribution is 5.81. The van der Waals surface area contributed by atoms with Crippen molar-refractivity contribution >= 4 is 17.4 Å². The molecule has 2 aromatic heterocycles. The topological polar surface area (TPSA) is 85.5 Å². The maximum atomic E-state index is 14.7. The van der Waals surface area contributed by atoms with Gasteiger partial charge in [-0.3, -0.25) is 4.40 Å². The van der Waals surface area contributed by atoms with Crippen LogP contribution in [-0.4, -0.2) is 57.5 Å². The summed E-state index contributed by atoms with van der Waals surface area (Å²) < 4.78 is 35.9. The highest BCUT2D eigenvalue weighted by atomic mass is 19.1. The van der Waals surface area contributed by atoms with Crippen molar-refractivity contribution in [2.24, 2.45) is 0 Å². The van der Waals surface area contributed by atoms with E-state index in [9.17, 15) is 14.3 Å². The average Bonchev–Trinajstić information content (AvgIpc) is 3.48. The summed E-state index contributed by atoms with van der Waals surface area (Å²) in [5.41, 5.74) is 5.25. The number of ether oxygens (including phenoxy) is 3. The Kier molecular flexibility index (Phi) is 9.30. The molecule has 0 spiro atoms. The largest absolute Gasteiger partial charge is 0.490 e. The Morgan fingerprint density at radius 2 is 1.81 bits per heavy atom. The van der Waals surface area contributed by atoms with Crippen LogP contribution in [0.3, 0.4) is 0 Å². The van der Waals surface area contributed by atoms with Crippen LogP contribution in [0.2, 0.25) is 0 Å². The molecule has 9 heteroatoms. The molecule has 6 bridgehead atoms. The predicted molar refractivity (Wildman–Crippen MR) is 186 cm³/mol. The van der Waals surface area contributed by atoms with Crippen LogP contribution in [0.25, 0.3) is 28.0 Å². The summed E-state index contributed by atoms with van der Waals surface area (Å²) in [5, 5.41) is 10.6. The minimum atomic E-state index is -1.18. The summed E-state index contributed by atoms with van der Waals surface area (Å²) in [5.74, 6) is 0.0541. The van der Waals surface area contributed by atoms with Crippen LogP contribution < -0.4 is 9.64 Å². The van der Waals surface area contributed by atoms with E-state index in [1.54, 1.807) is 6.07 Å². The zero-order valence-corrected chi connectivity index (χ0v) is 29.2. The van der Waals surface area contributed by atoms with Crippen molar-refractivity contribution in [3.05, 3.63) is 71.2 Å². The number of pyridine rings is 1. The maximum absolute atomic E-state index is 14.7. The predicted octanol–water partition coefficient (Wildman–Crippen LogP) is 8.69. The van der Waals surface area contributed by atoms with Crippen LogP contribution in [0, 0.1) is 19.7 Å². The summed E-state index contributed by atoms with van der Waals surface area (Å²) in [4.78, 5) is 20.4. The minimum Gasteiger partial charge on any atom is -0.490 e. The quantitative estimate of drug-likeness (QED) is 0.236. The number of aliphatic carboxylic acids is 1. The molecule has 3 aliphatic heterocycles. The molecular formula is C39H48FN3O5. The number of aryl methyl sites for hydroxylation is 1. The van der Waals surface area contributed by atoms with Gasteiger partial charge in [0.15, 0.2) is 6.10 Å². The molecule has 2 atom stereocenters. The van der Waals surface area contributed by atoms with Gasteiger partial charge < -0.3 is 24.2 Å². The number of carbonyl (C=O) groups is 1. The standard InChI is InChI=1S/C39H48FN3O5/c1-24-11-8-9-20-46-39(7)16-18-42(19-17-39)36-33(34(37(44)45)48-38(4,5)6)25(2)26(3)35-41-31(23-43(35)36)28-13-10-12-27(21-28)30-22-29(40)14-15-32(30)47-24/h10,12-15,21-24,34H,8-9,11,16-20H2,1-7H3,(H,44,45)/t24-,34-/m0/s1. The smallest absolute Gasteiger partial charge is 0.337 e. The highest BCUT2D eigenvalue weighted by Gasteiger charge is 2.38.